The van der Waals surface area contributed by atoms with E-state index >= 15 is 0 Å². The largest absolute Gasteiger partial charge is 0.464 e. The van der Waals surface area contributed by atoms with Crippen molar-refractivity contribution in [3.63, 3.8) is 0 Å². The van der Waals surface area contributed by atoms with Crippen LogP contribution in [0.2, 0.25) is 0 Å². The van der Waals surface area contributed by atoms with Crippen molar-refractivity contribution < 1.29 is 9.21 Å². The van der Waals surface area contributed by atoms with Crippen LogP contribution in [0, 0.1) is 0 Å². The molecule has 23 heavy (non-hydrogen) atoms. The maximum Gasteiger partial charge on any atom is 0.170 e. The highest BCUT2D eigenvalue weighted by atomic mass is 16.3. The smallest absolute Gasteiger partial charge is 0.170 e. The fraction of sp³-hybridized carbons (Fsp3) is 0.0526. The Morgan fingerprint density at radius 2 is 2.00 bits per heavy atom. The van der Waals surface area contributed by atoms with Crippen molar-refractivity contribution in [2.75, 3.05) is 0 Å². The Balaban J connectivity index is 1.63. The van der Waals surface area contributed by atoms with Crippen LogP contribution in [0.3, 0.4) is 0 Å². The number of benzene rings is 1. The third-order valence-corrected chi connectivity index (χ3v) is 3.85. The van der Waals surface area contributed by atoms with Crippen LogP contribution in [0.15, 0.2) is 71.6 Å². The van der Waals surface area contributed by atoms with Crippen LogP contribution in [-0.2, 0) is 6.42 Å². The summed E-state index contributed by atoms with van der Waals surface area (Å²) in [5.74, 6) is 0.713. The van der Waals surface area contributed by atoms with E-state index in [4.69, 9.17) is 4.42 Å². The minimum Gasteiger partial charge on any atom is -0.464 e. The molecule has 0 saturated heterocycles. The van der Waals surface area contributed by atoms with E-state index in [0.29, 0.717) is 17.7 Å². The van der Waals surface area contributed by atoms with Crippen LogP contribution in [0.5, 0.6) is 0 Å². The van der Waals surface area contributed by atoms with Crippen LogP contribution < -0.4 is 0 Å². The first-order valence-electron chi connectivity index (χ1n) is 7.39. The lowest BCUT2D eigenvalue weighted by atomic mass is 10.0. The van der Waals surface area contributed by atoms with Gasteiger partial charge in [0, 0.05) is 29.8 Å². The molecule has 1 aromatic carbocycles. The molecule has 4 nitrogen and oxygen atoms in total. The summed E-state index contributed by atoms with van der Waals surface area (Å²) in [4.78, 5) is 19.8. The third-order valence-electron chi connectivity index (χ3n) is 3.85. The summed E-state index contributed by atoms with van der Waals surface area (Å²) >= 11 is 0. The molecule has 4 rings (SSSR count). The van der Waals surface area contributed by atoms with Crippen molar-refractivity contribution in [3.05, 3.63) is 78.3 Å². The van der Waals surface area contributed by atoms with Gasteiger partial charge < -0.3 is 9.40 Å². The number of nitrogens with zero attached hydrogens (tertiary/aromatic N) is 1. The van der Waals surface area contributed by atoms with Crippen molar-refractivity contribution >= 4 is 16.8 Å². The molecule has 4 heteroatoms. The number of hydrogen-bond acceptors (Lipinski definition) is 3. The molecule has 0 aliphatic rings. The van der Waals surface area contributed by atoms with Crippen molar-refractivity contribution in [2.45, 2.75) is 6.42 Å². The Kier molecular flexibility index (Phi) is 3.27. The Morgan fingerprint density at radius 1 is 1.13 bits per heavy atom. The molecule has 0 unspecified atom stereocenters. The number of carbonyl (C=O) groups excluding carboxylic acids is 1. The average molecular weight is 302 g/mol. The number of aromatic nitrogens is 2. The van der Waals surface area contributed by atoms with Crippen LogP contribution in [-0.4, -0.2) is 15.8 Å². The van der Waals surface area contributed by atoms with Crippen molar-refractivity contribution in [3.8, 4) is 11.3 Å². The van der Waals surface area contributed by atoms with E-state index in [-0.39, 0.29) is 5.78 Å². The van der Waals surface area contributed by atoms with Gasteiger partial charge in [-0.3, -0.25) is 4.79 Å². The summed E-state index contributed by atoms with van der Waals surface area (Å²) in [6.07, 6.45) is 5.48. The number of aromatic amines is 1. The zero-order valence-electron chi connectivity index (χ0n) is 12.3. The normalized spacial score (nSPS) is 11.0. The molecule has 0 saturated carbocycles. The molecular formula is C19H14N2O2. The van der Waals surface area contributed by atoms with Crippen molar-refractivity contribution in [1.82, 2.24) is 9.97 Å². The molecule has 4 aromatic rings. The summed E-state index contributed by atoms with van der Waals surface area (Å²) in [5, 5.41) is 0.976. The molecular weight excluding hydrogens is 288 g/mol. The van der Waals surface area contributed by atoms with E-state index in [0.717, 1.165) is 22.2 Å². The first kappa shape index (κ1) is 13.5. The number of pyridine rings is 1. The van der Waals surface area contributed by atoms with Gasteiger partial charge in [-0.05, 0) is 23.8 Å². The molecule has 0 aliphatic heterocycles. The van der Waals surface area contributed by atoms with E-state index in [9.17, 15) is 4.79 Å². The van der Waals surface area contributed by atoms with Crippen molar-refractivity contribution in [1.29, 1.82) is 0 Å². The third kappa shape index (κ3) is 2.55. The molecule has 0 amide bonds. The number of hydrogen-bond donors (Lipinski definition) is 1. The highest BCUT2D eigenvalue weighted by Gasteiger charge is 2.14. The van der Waals surface area contributed by atoms with Crippen LogP contribution in [0.25, 0.3) is 22.4 Å². The summed E-state index contributed by atoms with van der Waals surface area (Å²) in [6.45, 7) is 0. The predicted octanol–water partition coefficient (Wildman–Crippen LogP) is 4.25. The summed E-state index contributed by atoms with van der Waals surface area (Å²) in [7, 11) is 0. The van der Waals surface area contributed by atoms with Crippen LogP contribution in [0.4, 0.5) is 0 Å². The van der Waals surface area contributed by atoms with E-state index in [1.165, 1.54) is 6.26 Å². The molecule has 3 heterocycles. The molecule has 0 atom stereocenters. The average Bonchev–Trinajstić information content (AvgIpc) is 3.22. The monoisotopic (exact) mass is 302 g/mol. The highest BCUT2D eigenvalue weighted by molar-refractivity contribution is 5.99. The van der Waals surface area contributed by atoms with Crippen LogP contribution in [0.1, 0.15) is 15.9 Å². The van der Waals surface area contributed by atoms with Gasteiger partial charge in [0.25, 0.3) is 0 Å². The van der Waals surface area contributed by atoms with Gasteiger partial charge in [-0.2, -0.15) is 0 Å². The summed E-state index contributed by atoms with van der Waals surface area (Å²) < 4.78 is 5.61. The summed E-state index contributed by atoms with van der Waals surface area (Å²) in [5.41, 5.74) is 3.29. The molecule has 0 aliphatic carbocycles. The van der Waals surface area contributed by atoms with E-state index < -0.39 is 0 Å². The highest BCUT2D eigenvalue weighted by Crippen LogP contribution is 2.29. The Bertz CT molecular complexity index is 967. The second kappa shape index (κ2) is 5.57. The minimum atomic E-state index is 0.0455. The number of H-pyrrole nitrogens is 1. The number of nitrogens with one attached hydrogen (secondary N) is 1. The number of carbonyl (C=O) groups is 1. The van der Waals surface area contributed by atoms with E-state index in [2.05, 4.69) is 9.97 Å². The fourth-order valence-corrected chi connectivity index (χ4v) is 2.67. The Hall–Kier alpha value is -3.14. The Morgan fingerprint density at radius 3 is 2.87 bits per heavy atom. The van der Waals surface area contributed by atoms with Gasteiger partial charge in [-0.15, -0.1) is 0 Å². The maximum atomic E-state index is 12.4. The van der Waals surface area contributed by atoms with Gasteiger partial charge in [-0.25, -0.2) is 4.98 Å². The number of furan rings is 1. The second-order valence-corrected chi connectivity index (χ2v) is 5.39. The standard InChI is InChI=1S/C19H14N2O2/c22-17(9-13-5-2-1-3-6-13)14-10-18(23-12-14)16-11-21-19-15(16)7-4-8-20-19/h1-8,10-12H,9H2,(H,20,21). The number of ketones is 1. The zero-order valence-corrected chi connectivity index (χ0v) is 12.3. The molecule has 1 N–H and O–H groups in total. The topological polar surface area (TPSA) is 58.9 Å². The van der Waals surface area contributed by atoms with Gasteiger partial charge in [0.2, 0.25) is 0 Å². The summed E-state index contributed by atoms with van der Waals surface area (Å²) in [6, 6.07) is 15.3. The first-order valence-corrected chi connectivity index (χ1v) is 7.39. The van der Waals surface area contributed by atoms with Crippen LogP contribution >= 0.6 is 0 Å². The van der Waals surface area contributed by atoms with Gasteiger partial charge >= 0.3 is 0 Å². The zero-order chi connectivity index (χ0) is 15.6. The SMILES string of the molecule is O=C(Cc1ccccc1)c1coc(-c2c[nH]c3ncccc23)c1. The van der Waals surface area contributed by atoms with Gasteiger partial charge in [0.05, 0.1) is 5.56 Å². The first-order chi connectivity index (χ1) is 11.3. The number of rotatable bonds is 4. The molecule has 3 aromatic heterocycles. The number of fused-ring (bicyclic) bond motifs is 1. The predicted molar refractivity (Wildman–Crippen MR) is 88.3 cm³/mol. The van der Waals surface area contributed by atoms with Crippen molar-refractivity contribution in [2.24, 2.45) is 0 Å². The lowest BCUT2D eigenvalue weighted by Gasteiger charge is -1.97. The number of Topliss-reactive ketones (excluding diaryl/α,β-unsaturated/α-hetero) is 1. The molecule has 0 bridgehead atoms. The lowest BCUT2D eigenvalue weighted by Crippen LogP contribution is -2.01. The fourth-order valence-electron chi connectivity index (χ4n) is 2.67. The minimum absolute atomic E-state index is 0.0455. The van der Waals surface area contributed by atoms with Gasteiger partial charge in [0.15, 0.2) is 5.78 Å². The molecule has 0 spiro atoms. The van der Waals surface area contributed by atoms with E-state index in [1.54, 1.807) is 12.3 Å². The Labute approximate surface area is 132 Å². The van der Waals surface area contributed by atoms with Gasteiger partial charge in [-0.1, -0.05) is 30.3 Å². The lowest BCUT2D eigenvalue weighted by molar-refractivity contribution is 0.0992. The second-order valence-electron chi connectivity index (χ2n) is 5.39. The molecule has 0 radical (unpaired) electrons. The molecule has 112 valence electrons. The molecule has 0 fully saturated rings. The maximum absolute atomic E-state index is 12.4. The van der Waals surface area contributed by atoms with Gasteiger partial charge in [0.1, 0.15) is 17.7 Å². The quantitative estimate of drug-likeness (QED) is 0.573. The van der Waals surface area contributed by atoms with E-state index in [1.807, 2.05) is 48.7 Å².